The van der Waals surface area contributed by atoms with Crippen LogP contribution in [0.3, 0.4) is 0 Å². The summed E-state index contributed by atoms with van der Waals surface area (Å²) in [5, 5.41) is 8.90. The van der Waals surface area contributed by atoms with Crippen molar-refractivity contribution in [2.75, 3.05) is 58.4 Å². The van der Waals surface area contributed by atoms with Crippen molar-refractivity contribution in [3.63, 3.8) is 0 Å². The third-order valence-electron chi connectivity index (χ3n) is 7.37. The number of rotatable bonds is 9. The molecule has 1 saturated heterocycles. The SMILES string of the molecule is COc1ccc(-c2ccc(N3CCCN(C(=O)CN(CC4CC4)C(=O)c4cccc(F)c4)CC3)nn2)c(OC)c1. The molecule has 210 valence electrons. The van der Waals surface area contributed by atoms with Gasteiger partial charge in [0.2, 0.25) is 5.91 Å². The van der Waals surface area contributed by atoms with Crippen LogP contribution in [0.1, 0.15) is 29.6 Å². The quantitative estimate of drug-likeness (QED) is 0.402. The Kier molecular flexibility index (Phi) is 8.42. The molecular weight excluding hydrogens is 513 g/mol. The zero-order chi connectivity index (χ0) is 28.1. The molecule has 1 aromatic heterocycles. The van der Waals surface area contributed by atoms with Crippen LogP contribution in [0.25, 0.3) is 11.3 Å². The van der Waals surface area contributed by atoms with E-state index in [4.69, 9.17) is 9.47 Å². The molecule has 3 aromatic rings. The van der Waals surface area contributed by atoms with Crippen LogP contribution in [0.4, 0.5) is 10.2 Å². The largest absolute Gasteiger partial charge is 0.497 e. The molecule has 0 atom stereocenters. The monoisotopic (exact) mass is 547 g/mol. The van der Waals surface area contributed by atoms with Gasteiger partial charge in [-0.2, -0.15) is 0 Å². The van der Waals surface area contributed by atoms with E-state index in [1.807, 2.05) is 35.2 Å². The second-order valence-electron chi connectivity index (χ2n) is 10.2. The van der Waals surface area contributed by atoms with Crippen molar-refractivity contribution in [3.8, 4) is 22.8 Å². The van der Waals surface area contributed by atoms with Crippen molar-refractivity contribution in [1.82, 2.24) is 20.0 Å². The third kappa shape index (κ3) is 6.50. The highest BCUT2D eigenvalue weighted by molar-refractivity contribution is 5.96. The summed E-state index contributed by atoms with van der Waals surface area (Å²) in [4.78, 5) is 32.0. The Morgan fingerprint density at radius 1 is 0.975 bits per heavy atom. The van der Waals surface area contributed by atoms with Gasteiger partial charge in [0.05, 0.1) is 19.9 Å². The molecular formula is C30H34FN5O4. The standard InChI is InChI=1S/C30H34FN5O4/c1-39-24-9-10-25(27(18-24)40-2)26-11-12-28(33-32-26)34-13-4-14-35(16-15-34)29(37)20-36(19-21-7-8-21)30(38)22-5-3-6-23(31)17-22/h3,5-6,9-12,17-18,21H,4,7-8,13-16,19-20H2,1-2H3. The van der Waals surface area contributed by atoms with Crippen molar-refractivity contribution in [2.24, 2.45) is 5.92 Å². The predicted molar refractivity (Wildman–Crippen MR) is 149 cm³/mol. The van der Waals surface area contributed by atoms with Crippen LogP contribution in [-0.2, 0) is 4.79 Å². The highest BCUT2D eigenvalue weighted by Gasteiger charge is 2.30. The number of nitrogens with zero attached hydrogens (tertiary/aromatic N) is 5. The molecule has 0 bridgehead atoms. The van der Waals surface area contributed by atoms with Gasteiger partial charge in [0.15, 0.2) is 5.82 Å². The molecule has 1 aliphatic carbocycles. The molecule has 10 heteroatoms. The van der Waals surface area contributed by atoms with E-state index in [-0.39, 0.29) is 23.9 Å². The number of ether oxygens (including phenoxy) is 2. The molecule has 0 radical (unpaired) electrons. The van der Waals surface area contributed by atoms with Gasteiger partial charge >= 0.3 is 0 Å². The van der Waals surface area contributed by atoms with Crippen LogP contribution in [0, 0.1) is 11.7 Å². The lowest BCUT2D eigenvalue weighted by Crippen LogP contribution is -2.45. The number of anilines is 1. The molecule has 2 heterocycles. The van der Waals surface area contributed by atoms with Crippen molar-refractivity contribution in [1.29, 1.82) is 0 Å². The first-order chi connectivity index (χ1) is 19.4. The van der Waals surface area contributed by atoms with Crippen molar-refractivity contribution in [3.05, 3.63) is 66.0 Å². The fraction of sp³-hybridized carbons (Fsp3) is 0.400. The van der Waals surface area contributed by atoms with Gasteiger partial charge in [0, 0.05) is 49.9 Å². The van der Waals surface area contributed by atoms with Gasteiger partial charge in [0.25, 0.3) is 5.91 Å². The number of carbonyl (C=O) groups is 2. The predicted octanol–water partition coefficient (Wildman–Crippen LogP) is 3.89. The minimum absolute atomic E-state index is 0.00988. The van der Waals surface area contributed by atoms with E-state index >= 15 is 0 Å². The molecule has 9 nitrogen and oxygen atoms in total. The highest BCUT2D eigenvalue weighted by Crippen LogP contribution is 2.32. The molecule has 0 unspecified atom stereocenters. The average molecular weight is 548 g/mol. The van der Waals surface area contributed by atoms with Gasteiger partial charge in [-0.1, -0.05) is 6.07 Å². The summed E-state index contributed by atoms with van der Waals surface area (Å²) in [6, 6.07) is 15.0. The van der Waals surface area contributed by atoms with Gasteiger partial charge in [0.1, 0.15) is 23.9 Å². The van der Waals surface area contributed by atoms with E-state index in [1.54, 1.807) is 25.2 Å². The molecule has 2 aromatic carbocycles. The summed E-state index contributed by atoms with van der Waals surface area (Å²) >= 11 is 0. The summed E-state index contributed by atoms with van der Waals surface area (Å²) in [6.07, 6.45) is 2.86. The molecule has 0 spiro atoms. The van der Waals surface area contributed by atoms with Gasteiger partial charge in [-0.15, -0.1) is 10.2 Å². The minimum Gasteiger partial charge on any atom is -0.497 e. The minimum atomic E-state index is -0.463. The summed E-state index contributed by atoms with van der Waals surface area (Å²) in [6.45, 7) is 2.95. The Hall–Kier alpha value is -4.21. The number of aromatic nitrogens is 2. The Morgan fingerprint density at radius 2 is 1.82 bits per heavy atom. The van der Waals surface area contributed by atoms with Crippen LogP contribution < -0.4 is 14.4 Å². The van der Waals surface area contributed by atoms with E-state index in [0.717, 1.165) is 37.2 Å². The number of benzene rings is 2. The maximum atomic E-state index is 13.7. The van der Waals surface area contributed by atoms with Crippen LogP contribution in [0.15, 0.2) is 54.6 Å². The fourth-order valence-corrected chi connectivity index (χ4v) is 4.94. The smallest absolute Gasteiger partial charge is 0.254 e. The second-order valence-corrected chi connectivity index (χ2v) is 10.2. The molecule has 5 rings (SSSR count). The topological polar surface area (TPSA) is 88.1 Å². The summed E-state index contributed by atoms with van der Waals surface area (Å²) in [5.74, 6) is 1.63. The fourth-order valence-electron chi connectivity index (χ4n) is 4.94. The first-order valence-electron chi connectivity index (χ1n) is 13.6. The molecule has 2 aliphatic rings. The zero-order valence-electron chi connectivity index (χ0n) is 22.9. The van der Waals surface area contributed by atoms with E-state index in [9.17, 15) is 14.0 Å². The number of carbonyl (C=O) groups excluding carboxylic acids is 2. The lowest BCUT2D eigenvalue weighted by molar-refractivity contribution is -0.131. The molecule has 1 aliphatic heterocycles. The number of amides is 2. The van der Waals surface area contributed by atoms with Gasteiger partial charge < -0.3 is 24.2 Å². The van der Waals surface area contributed by atoms with E-state index in [0.29, 0.717) is 49.3 Å². The van der Waals surface area contributed by atoms with E-state index in [2.05, 4.69) is 15.1 Å². The summed E-state index contributed by atoms with van der Waals surface area (Å²) in [5.41, 5.74) is 1.77. The van der Waals surface area contributed by atoms with Gasteiger partial charge in [-0.05, 0) is 67.6 Å². The third-order valence-corrected chi connectivity index (χ3v) is 7.37. The van der Waals surface area contributed by atoms with Gasteiger partial charge in [-0.3, -0.25) is 9.59 Å². The van der Waals surface area contributed by atoms with Gasteiger partial charge in [-0.25, -0.2) is 4.39 Å². The van der Waals surface area contributed by atoms with Crippen molar-refractivity contribution in [2.45, 2.75) is 19.3 Å². The van der Waals surface area contributed by atoms with Crippen LogP contribution in [-0.4, -0.2) is 85.3 Å². The van der Waals surface area contributed by atoms with Crippen molar-refractivity contribution < 1.29 is 23.5 Å². The van der Waals surface area contributed by atoms with Crippen LogP contribution in [0.5, 0.6) is 11.5 Å². The Balaban J connectivity index is 1.22. The first kappa shape index (κ1) is 27.4. The average Bonchev–Trinajstić information content (AvgIpc) is 3.83. The Labute approximate surface area is 233 Å². The maximum Gasteiger partial charge on any atom is 0.254 e. The Morgan fingerprint density at radius 3 is 2.52 bits per heavy atom. The lowest BCUT2D eigenvalue weighted by Gasteiger charge is -2.27. The normalized spacial score (nSPS) is 15.4. The summed E-state index contributed by atoms with van der Waals surface area (Å²) < 4.78 is 24.5. The van der Waals surface area contributed by atoms with Crippen molar-refractivity contribution >= 4 is 17.6 Å². The lowest BCUT2D eigenvalue weighted by atomic mass is 10.1. The Bertz CT molecular complexity index is 1350. The molecule has 2 amide bonds. The van der Waals surface area contributed by atoms with Crippen LogP contribution >= 0.6 is 0 Å². The number of hydrogen-bond acceptors (Lipinski definition) is 7. The van der Waals surface area contributed by atoms with E-state index in [1.165, 1.54) is 18.2 Å². The van der Waals surface area contributed by atoms with Crippen LogP contribution in [0.2, 0.25) is 0 Å². The molecule has 2 fully saturated rings. The molecule has 1 saturated carbocycles. The maximum absolute atomic E-state index is 13.7. The summed E-state index contributed by atoms with van der Waals surface area (Å²) in [7, 11) is 3.21. The number of halogens is 1. The second kappa shape index (κ2) is 12.3. The molecule has 40 heavy (non-hydrogen) atoms. The number of hydrogen-bond donors (Lipinski definition) is 0. The highest BCUT2D eigenvalue weighted by atomic mass is 19.1. The number of methoxy groups -OCH3 is 2. The zero-order valence-corrected chi connectivity index (χ0v) is 22.9. The van der Waals surface area contributed by atoms with E-state index < -0.39 is 5.82 Å². The first-order valence-corrected chi connectivity index (χ1v) is 13.6. The molecule has 0 N–H and O–H groups in total.